The van der Waals surface area contributed by atoms with Crippen LogP contribution in [0.15, 0.2) is 42.5 Å². The number of nitrogens with zero attached hydrogens (tertiary/aromatic N) is 3. The first-order valence-electron chi connectivity index (χ1n) is 9.40. The van der Waals surface area contributed by atoms with E-state index >= 15 is 0 Å². The van der Waals surface area contributed by atoms with Crippen molar-refractivity contribution in [3.8, 4) is 5.75 Å². The van der Waals surface area contributed by atoms with E-state index in [-0.39, 0.29) is 0 Å². The normalized spacial score (nSPS) is 11.5. The molecule has 2 aromatic carbocycles. The van der Waals surface area contributed by atoms with Crippen LogP contribution < -0.4 is 5.73 Å². The summed E-state index contributed by atoms with van der Waals surface area (Å²) in [6.07, 6.45) is 3.08. The maximum absolute atomic E-state index is 9.85. The fourth-order valence-electron chi connectivity index (χ4n) is 3.60. The van der Waals surface area contributed by atoms with Gasteiger partial charge in [0, 0.05) is 18.4 Å². The summed E-state index contributed by atoms with van der Waals surface area (Å²) in [6.45, 7) is 4.78. The molecule has 0 aliphatic carbocycles. The number of nitrogen functional groups attached to an aromatic ring is 1. The molecular weight excluding hydrogens is 336 g/mol. The van der Waals surface area contributed by atoms with Crippen molar-refractivity contribution in [3.05, 3.63) is 59.4 Å². The van der Waals surface area contributed by atoms with Crippen LogP contribution in [0.1, 0.15) is 36.7 Å². The van der Waals surface area contributed by atoms with Gasteiger partial charge < -0.3 is 15.4 Å². The molecule has 0 aliphatic rings. The zero-order chi connectivity index (χ0) is 19.0. The molecule has 2 aromatic heterocycles. The number of pyridine rings is 1. The largest absolute Gasteiger partial charge is 0.508 e. The second-order valence-corrected chi connectivity index (χ2v) is 7.05. The molecule has 5 heteroatoms. The molecule has 0 fully saturated rings. The van der Waals surface area contributed by atoms with Crippen molar-refractivity contribution >= 4 is 27.8 Å². The van der Waals surface area contributed by atoms with Gasteiger partial charge in [-0.05, 0) is 36.6 Å². The Labute approximate surface area is 158 Å². The lowest BCUT2D eigenvalue weighted by Gasteiger charge is -2.12. The quantitative estimate of drug-likeness (QED) is 0.546. The van der Waals surface area contributed by atoms with Crippen molar-refractivity contribution in [1.29, 1.82) is 0 Å². The molecule has 2 heterocycles. The number of aromatic nitrogens is 3. The summed E-state index contributed by atoms with van der Waals surface area (Å²) in [4.78, 5) is 9.40. The SMILES string of the molecule is CCCCc1nc2c(N)nc3ccccc3c2n1Cc1ccc(O)c(C)c1. The van der Waals surface area contributed by atoms with E-state index in [9.17, 15) is 5.11 Å². The van der Waals surface area contributed by atoms with E-state index in [0.717, 1.165) is 58.2 Å². The molecule has 4 rings (SSSR count). The van der Waals surface area contributed by atoms with Gasteiger partial charge in [0.15, 0.2) is 5.82 Å². The summed E-state index contributed by atoms with van der Waals surface area (Å²) < 4.78 is 2.26. The van der Waals surface area contributed by atoms with Gasteiger partial charge in [0.1, 0.15) is 17.1 Å². The number of aromatic hydroxyl groups is 1. The zero-order valence-corrected chi connectivity index (χ0v) is 15.7. The molecule has 0 bridgehead atoms. The van der Waals surface area contributed by atoms with Crippen LogP contribution in [0.3, 0.4) is 0 Å². The molecule has 138 valence electrons. The van der Waals surface area contributed by atoms with Crippen molar-refractivity contribution < 1.29 is 5.11 Å². The van der Waals surface area contributed by atoms with Gasteiger partial charge in [0.05, 0.1) is 11.0 Å². The topological polar surface area (TPSA) is 77.0 Å². The molecule has 0 unspecified atom stereocenters. The molecule has 3 N–H and O–H groups in total. The third kappa shape index (κ3) is 3.10. The number of nitrogens with two attached hydrogens (primary N) is 1. The van der Waals surface area contributed by atoms with Crippen LogP contribution in [0.5, 0.6) is 5.75 Å². The van der Waals surface area contributed by atoms with E-state index in [1.54, 1.807) is 6.07 Å². The first-order chi connectivity index (χ1) is 13.1. The minimum absolute atomic E-state index is 0.319. The molecule has 0 amide bonds. The fourth-order valence-corrected chi connectivity index (χ4v) is 3.60. The van der Waals surface area contributed by atoms with Crippen LogP contribution in [0.4, 0.5) is 5.82 Å². The number of hydrogen-bond acceptors (Lipinski definition) is 4. The third-order valence-electron chi connectivity index (χ3n) is 5.05. The third-order valence-corrected chi connectivity index (χ3v) is 5.05. The van der Waals surface area contributed by atoms with Gasteiger partial charge in [-0.15, -0.1) is 0 Å². The second kappa shape index (κ2) is 6.91. The fraction of sp³-hybridized carbons (Fsp3) is 0.273. The van der Waals surface area contributed by atoms with Gasteiger partial charge in [-0.1, -0.05) is 43.7 Å². The second-order valence-electron chi connectivity index (χ2n) is 7.05. The van der Waals surface area contributed by atoms with Crippen LogP contribution in [0, 0.1) is 6.92 Å². The number of benzene rings is 2. The van der Waals surface area contributed by atoms with E-state index < -0.39 is 0 Å². The predicted octanol–water partition coefficient (Wildman–Crippen LogP) is 4.57. The first kappa shape index (κ1) is 17.3. The Hall–Kier alpha value is -3.08. The number of phenols is 1. The first-order valence-corrected chi connectivity index (χ1v) is 9.40. The number of imidazole rings is 1. The Morgan fingerprint density at radius 3 is 2.70 bits per heavy atom. The van der Waals surface area contributed by atoms with E-state index in [0.29, 0.717) is 18.1 Å². The highest BCUT2D eigenvalue weighted by molar-refractivity contribution is 6.06. The molecule has 0 atom stereocenters. The maximum Gasteiger partial charge on any atom is 0.152 e. The van der Waals surface area contributed by atoms with Gasteiger partial charge in [-0.2, -0.15) is 0 Å². The highest BCUT2D eigenvalue weighted by Crippen LogP contribution is 2.30. The van der Waals surface area contributed by atoms with Crippen molar-refractivity contribution in [2.24, 2.45) is 0 Å². The Balaban J connectivity index is 1.95. The Morgan fingerprint density at radius 1 is 1.11 bits per heavy atom. The average Bonchev–Trinajstić information content (AvgIpc) is 3.02. The highest BCUT2D eigenvalue weighted by Gasteiger charge is 2.17. The molecule has 0 radical (unpaired) electrons. The molecule has 0 saturated heterocycles. The number of fused-ring (bicyclic) bond motifs is 3. The minimum Gasteiger partial charge on any atom is -0.508 e. The number of aryl methyl sites for hydroxylation is 2. The van der Waals surface area contributed by atoms with Crippen LogP contribution in [0.25, 0.3) is 21.9 Å². The average molecular weight is 360 g/mol. The highest BCUT2D eigenvalue weighted by atomic mass is 16.3. The number of rotatable bonds is 5. The van der Waals surface area contributed by atoms with Gasteiger partial charge >= 0.3 is 0 Å². The smallest absolute Gasteiger partial charge is 0.152 e. The molecular formula is C22H24N4O. The Morgan fingerprint density at radius 2 is 1.93 bits per heavy atom. The van der Waals surface area contributed by atoms with Crippen molar-refractivity contribution in [2.75, 3.05) is 5.73 Å². The van der Waals surface area contributed by atoms with E-state index in [4.69, 9.17) is 10.7 Å². The lowest BCUT2D eigenvalue weighted by molar-refractivity contribution is 0.470. The Bertz CT molecular complexity index is 1130. The lowest BCUT2D eigenvalue weighted by atomic mass is 10.1. The summed E-state index contributed by atoms with van der Waals surface area (Å²) in [6, 6.07) is 13.8. The summed E-state index contributed by atoms with van der Waals surface area (Å²) in [5, 5.41) is 10.9. The molecule has 5 nitrogen and oxygen atoms in total. The van der Waals surface area contributed by atoms with Crippen LogP contribution in [0.2, 0.25) is 0 Å². The number of hydrogen-bond donors (Lipinski definition) is 2. The number of unbranched alkanes of at least 4 members (excludes halogenated alkanes) is 1. The number of phenolic OH excluding ortho intramolecular Hbond substituents is 1. The van der Waals surface area contributed by atoms with Gasteiger partial charge in [0.25, 0.3) is 0 Å². The van der Waals surface area contributed by atoms with Gasteiger partial charge in [0.2, 0.25) is 0 Å². The summed E-state index contributed by atoms with van der Waals surface area (Å²) in [5.41, 5.74) is 10.9. The molecule has 27 heavy (non-hydrogen) atoms. The van der Waals surface area contributed by atoms with Crippen LogP contribution in [-0.2, 0) is 13.0 Å². The van der Waals surface area contributed by atoms with Crippen molar-refractivity contribution in [2.45, 2.75) is 39.7 Å². The molecule has 0 spiro atoms. The van der Waals surface area contributed by atoms with E-state index in [1.165, 1.54) is 0 Å². The lowest BCUT2D eigenvalue weighted by Crippen LogP contribution is -2.06. The number of anilines is 1. The summed E-state index contributed by atoms with van der Waals surface area (Å²) in [5.74, 6) is 1.82. The standard InChI is InChI=1S/C22H24N4O/c1-3-4-9-19-25-20-21(16-7-5-6-8-17(16)24-22(20)23)26(19)13-15-10-11-18(27)14(2)12-15/h5-8,10-12,27H,3-4,9,13H2,1-2H3,(H2,23,24). The van der Waals surface area contributed by atoms with E-state index in [1.807, 2.05) is 37.3 Å². The monoisotopic (exact) mass is 360 g/mol. The van der Waals surface area contributed by atoms with Gasteiger partial charge in [-0.25, -0.2) is 9.97 Å². The van der Waals surface area contributed by atoms with Crippen LogP contribution >= 0.6 is 0 Å². The van der Waals surface area contributed by atoms with E-state index in [2.05, 4.69) is 22.5 Å². The van der Waals surface area contributed by atoms with Crippen LogP contribution in [-0.4, -0.2) is 19.6 Å². The summed E-state index contributed by atoms with van der Waals surface area (Å²) in [7, 11) is 0. The van der Waals surface area contributed by atoms with Crippen molar-refractivity contribution in [1.82, 2.24) is 14.5 Å². The Kier molecular flexibility index (Phi) is 4.44. The predicted molar refractivity (Wildman–Crippen MR) is 110 cm³/mol. The number of para-hydroxylation sites is 1. The minimum atomic E-state index is 0.319. The maximum atomic E-state index is 9.85. The van der Waals surface area contributed by atoms with Crippen molar-refractivity contribution in [3.63, 3.8) is 0 Å². The molecule has 4 aromatic rings. The van der Waals surface area contributed by atoms with Gasteiger partial charge in [-0.3, -0.25) is 0 Å². The zero-order valence-electron chi connectivity index (χ0n) is 15.7. The molecule has 0 aliphatic heterocycles. The summed E-state index contributed by atoms with van der Waals surface area (Å²) >= 11 is 0. The molecule has 0 saturated carbocycles.